The summed E-state index contributed by atoms with van der Waals surface area (Å²) in [6, 6.07) is 5.30. The summed E-state index contributed by atoms with van der Waals surface area (Å²) in [6.07, 6.45) is 4.41. The third-order valence-electron chi connectivity index (χ3n) is 4.43. The van der Waals surface area contributed by atoms with Gasteiger partial charge in [0.15, 0.2) is 0 Å². The standard InChI is InChI=1S/C15H18O3/c1-14-6-3-7-15(2,9-14)18-12-8-10(13(16)17)4-5-11(12)14/h4-5,8H,3,6-7,9H2,1-2H3,(H,16,17)/t14-,15+/m0/s1. The quantitative estimate of drug-likeness (QED) is 0.826. The number of benzene rings is 1. The fourth-order valence-electron chi connectivity index (χ4n) is 3.68. The van der Waals surface area contributed by atoms with Crippen LogP contribution in [0.4, 0.5) is 0 Å². The molecule has 1 N–H and O–H groups in total. The Kier molecular flexibility index (Phi) is 2.25. The zero-order valence-corrected chi connectivity index (χ0v) is 10.8. The lowest BCUT2D eigenvalue weighted by Gasteiger charge is -2.50. The Hall–Kier alpha value is -1.51. The molecule has 1 saturated carbocycles. The highest BCUT2D eigenvalue weighted by molar-refractivity contribution is 5.88. The molecule has 0 aromatic heterocycles. The molecule has 0 spiro atoms. The first kappa shape index (κ1) is 11.6. The first-order chi connectivity index (χ1) is 8.42. The van der Waals surface area contributed by atoms with E-state index in [1.165, 1.54) is 12.0 Å². The van der Waals surface area contributed by atoms with E-state index < -0.39 is 5.97 Å². The highest BCUT2D eigenvalue weighted by Crippen LogP contribution is 2.52. The maximum absolute atomic E-state index is 11.0. The fourth-order valence-corrected chi connectivity index (χ4v) is 3.68. The Morgan fingerprint density at radius 1 is 1.33 bits per heavy atom. The number of rotatable bonds is 1. The van der Waals surface area contributed by atoms with Gasteiger partial charge in [0, 0.05) is 5.56 Å². The minimum atomic E-state index is -0.896. The molecule has 0 amide bonds. The van der Waals surface area contributed by atoms with Crippen molar-refractivity contribution < 1.29 is 14.6 Å². The van der Waals surface area contributed by atoms with Crippen molar-refractivity contribution in [3.05, 3.63) is 29.3 Å². The summed E-state index contributed by atoms with van der Waals surface area (Å²) in [4.78, 5) is 11.0. The van der Waals surface area contributed by atoms with Gasteiger partial charge in [-0.05, 0) is 50.2 Å². The summed E-state index contributed by atoms with van der Waals surface area (Å²) in [6.45, 7) is 4.41. The molecular weight excluding hydrogens is 228 g/mol. The number of aromatic carboxylic acids is 1. The van der Waals surface area contributed by atoms with E-state index in [-0.39, 0.29) is 11.0 Å². The van der Waals surface area contributed by atoms with Crippen molar-refractivity contribution in [2.45, 2.75) is 50.5 Å². The smallest absolute Gasteiger partial charge is 0.335 e. The van der Waals surface area contributed by atoms with Crippen LogP contribution in [-0.4, -0.2) is 16.7 Å². The Labute approximate surface area is 107 Å². The van der Waals surface area contributed by atoms with E-state index in [4.69, 9.17) is 9.84 Å². The lowest BCUT2D eigenvalue weighted by molar-refractivity contribution is -0.00539. The summed E-state index contributed by atoms with van der Waals surface area (Å²) in [5, 5.41) is 9.06. The van der Waals surface area contributed by atoms with Gasteiger partial charge in [0.25, 0.3) is 0 Å². The molecule has 2 atom stereocenters. The minimum Gasteiger partial charge on any atom is -0.487 e. The second-order valence-electron chi connectivity index (χ2n) is 6.16. The number of hydrogen-bond donors (Lipinski definition) is 1. The van der Waals surface area contributed by atoms with Crippen LogP contribution in [0.2, 0.25) is 0 Å². The van der Waals surface area contributed by atoms with Gasteiger partial charge in [-0.25, -0.2) is 4.79 Å². The Balaban J connectivity index is 2.13. The molecule has 1 aromatic rings. The van der Waals surface area contributed by atoms with Crippen LogP contribution < -0.4 is 4.74 Å². The number of carbonyl (C=O) groups is 1. The van der Waals surface area contributed by atoms with Crippen LogP contribution in [0.1, 0.15) is 55.5 Å². The highest BCUT2D eigenvalue weighted by atomic mass is 16.5. The fraction of sp³-hybridized carbons (Fsp3) is 0.533. The van der Waals surface area contributed by atoms with E-state index in [0.717, 1.165) is 25.0 Å². The molecule has 96 valence electrons. The van der Waals surface area contributed by atoms with Crippen LogP contribution in [0.25, 0.3) is 0 Å². The van der Waals surface area contributed by atoms with Crippen LogP contribution in [0, 0.1) is 0 Å². The third kappa shape index (κ3) is 1.61. The van der Waals surface area contributed by atoms with Gasteiger partial charge in [-0.15, -0.1) is 0 Å². The molecule has 3 nitrogen and oxygen atoms in total. The molecule has 3 rings (SSSR count). The number of fused-ring (bicyclic) bond motifs is 4. The van der Waals surface area contributed by atoms with Crippen molar-refractivity contribution in [1.82, 2.24) is 0 Å². The number of hydrogen-bond acceptors (Lipinski definition) is 2. The van der Waals surface area contributed by atoms with E-state index in [1.807, 2.05) is 6.07 Å². The van der Waals surface area contributed by atoms with Crippen LogP contribution >= 0.6 is 0 Å². The van der Waals surface area contributed by atoms with Crippen molar-refractivity contribution in [2.24, 2.45) is 0 Å². The summed E-state index contributed by atoms with van der Waals surface area (Å²) in [5.74, 6) is -0.127. The van der Waals surface area contributed by atoms with Gasteiger partial charge in [0.05, 0.1) is 5.56 Å². The second kappa shape index (κ2) is 3.50. The van der Waals surface area contributed by atoms with Gasteiger partial charge < -0.3 is 9.84 Å². The topological polar surface area (TPSA) is 46.5 Å². The van der Waals surface area contributed by atoms with E-state index in [0.29, 0.717) is 5.56 Å². The molecule has 3 heteroatoms. The average molecular weight is 246 g/mol. The SMILES string of the molecule is C[C@@]12CCC[C@@](C)(C1)c1ccc(C(=O)O)cc1O2. The molecule has 1 fully saturated rings. The highest BCUT2D eigenvalue weighted by Gasteiger charge is 2.47. The average Bonchev–Trinajstić information content (AvgIpc) is 2.26. The van der Waals surface area contributed by atoms with Crippen LogP contribution in [0.3, 0.4) is 0 Å². The Morgan fingerprint density at radius 2 is 2.11 bits per heavy atom. The zero-order valence-electron chi connectivity index (χ0n) is 10.8. The number of carboxylic acid groups (broad SMARTS) is 1. The molecule has 1 aliphatic carbocycles. The molecule has 0 unspecified atom stereocenters. The van der Waals surface area contributed by atoms with E-state index in [1.54, 1.807) is 12.1 Å². The maximum atomic E-state index is 11.0. The summed E-state index contributed by atoms with van der Waals surface area (Å²) >= 11 is 0. The van der Waals surface area contributed by atoms with Crippen molar-refractivity contribution in [1.29, 1.82) is 0 Å². The lowest BCUT2D eigenvalue weighted by Crippen LogP contribution is -2.48. The van der Waals surface area contributed by atoms with Gasteiger partial charge in [0.1, 0.15) is 11.4 Å². The van der Waals surface area contributed by atoms with Gasteiger partial charge in [-0.3, -0.25) is 0 Å². The number of carboxylic acids is 1. The number of ether oxygens (including phenoxy) is 1. The Bertz CT molecular complexity index is 522. The molecule has 2 bridgehead atoms. The van der Waals surface area contributed by atoms with Crippen molar-refractivity contribution in [3.8, 4) is 5.75 Å². The van der Waals surface area contributed by atoms with Crippen molar-refractivity contribution >= 4 is 5.97 Å². The molecule has 1 aliphatic heterocycles. The monoisotopic (exact) mass is 246 g/mol. The molecule has 1 heterocycles. The first-order valence-electron chi connectivity index (χ1n) is 6.49. The lowest BCUT2D eigenvalue weighted by atomic mass is 9.64. The minimum absolute atomic E-state index is 0.128. The zero-order chi connectivity index (χ0) is 13.0. The van der Waals surface area contributed by atoms with Crippen LogP contribution in [0.5, 0.6) is 5.75 Å². The van der Waals surface area contributed by atoms with Gasteiger partial charge >= 0.3 is 5.97 Å². The van der Waals surface area contributed by atoms with Gasteiger partial charge in [0.2, 0.25) is 0 Å². The maximum Gasteiger partial charge on any atom is 0.335 e. The largest absolute Gasteiger partial charge is 0.487 e. The molecule has 18 heavy (non-hydrogen) atoms. The van der Waals surface area contributed by atoms with Gasteiger partial charge in [-0.1, -0.05) is 13.0 Å². The Morgan fingerprint density at radius 3 is 2.83 bits per heavy atom. The second-order valence-corrected chi connectivity index (χ2v) is 6.16. The first-order valence-corrected chi connectivity index (χ1v) is 6.49. The predicted molar refractivity (Wildman–Crippen MR) is 68.3 cm³/mol. The summed E-state index contributed by atoms with van der Waals surface area (Å²) in [7, 11) is 0. The third-order valence-corrected chi connectivity index (χ3v) is 4.43. The van der Waals surface area contributed by atoms with E-state index >= 15 is 0 Å². The molecule has 2 aliphatic rings. The van der Waals surface area contributed by atoms with E-state index in [2.05, 4.69) is 13.8 Å². The normalized spacial score (nSPS) is 33.4. The van der Waals surface area contributed by atoms with Crippen LogP contribution in [0.15, 0.2) is 18.2 Å². The molecule has 0 saturated heterocycles. The molecule has 1 aromatic carbocycles. The summed E-state index contributed by atoms with van der Waals surface area (Å²) < 4.78 is 6.08. The molecular formula is C15H18O3. The van der Waals surface area contributed by atoms with Crippen molar-refractivity contribution in [3.63, 3.8) is 0 Å². The van der Waals surface area contributed by atoms with Crippen molar-refractivity contribution in [2.75, 3.05) is 0 Å². The van der Waals surface area contributed by atoms with E-state index in [9.17, 15) is 4.79 Å². The predicted octanol–water partition coefficient (Wildman–Crippen LogP) is 3.37. The van der Waals surface area contributed by atoms with Gasteiger partial charge in [-0.2, -0.15) is 0 Å². The summed E-state index contributed by atoms with van der Waals surface area (Å²) in [5.41, 5.74) is 1.49. The van der Waals surface area contributed by atoms with Crippen LogP contribution in [-0.2, 0) is 5.41 Å². The molecule has 0 radical (unpaired) electrons.